The third-order valence-electron chi connectivity index (χ3n) is 3.96. The molecule has 0 unspecified atom stereocenters. The molecule has 8 nitrogen and oxygen atoms in total. The van der Waals surface area contributed by atoms with Crippen molar-refractivity contribution in [3.8, 4) is 11.5 Å². The number of ketones is 1. The Morgan fingerprint density at radius 2 is 1.63 bits per heavy atom. The number of hydrogen-bond donors (Lipinski definition) is 0. The van der Waals surface area contributed by atoms with Gasteiger partial charge in [-0.3, -0.25) is 14.9 Å². The minimum Gasteiger partial charge on any atom is -0.411 e. The molecular weight excluding hydrogens is 406 g/mol. The molecule has 0 N–H and O–H groups in total. The van der Waals surface area contributed by atoms with E-state index in [1.807, 2.05) is 30.3 Å². The topological polar surface area (TPSA) is 112 Å². The molecule has 0 saturated carbocycles. The lowest BCUT2D eigenvalue weighted by molar-refractivity contribution is -0.402. The van der Waals surface area contributed by atoms with Crippen molar-refractivity contribution in [3.63, 3.8) is 0 Å². The number of carbonyl (C=O) groups is 1. The molecule has 2 heterocycles. The van der Waals surface area contributed by atoms with E-state index in [9.17, 15) is 14.9 Å². The summed E-state index contributed by atoms with van der Waals surface area (Å²) >= 11 is 0.989. The van der Waals surface area contributed by atoms with Crippen molar-refractivity contribution in [2.45, 2.75) is 5.22 Å². The zero-order chi connectivity index (χ0) is 20.9. The van der Waals surface area contributed by atoms with E-state index in [-0.39, 0.29) is 16.8 Å². The van der Waals surface area contributed by atoms with Crippen LogP contribution in [0.2, 0.25) is 0 Å². The minimum absolute atomic E-state index is 0.149. The standard InChI is InChI=1S/C21H13N3O5S/c25-16(14-7-3-1-4-8-14)13-18(17-11-12-19(28-17)24(26)27)30-21-23-22-20(29-21)15-9-5-2-6-10-15/h1-13H/b18-13-. The molecule has 2 aromatic carbocycles. The van der Waals surface area contributed by atoms with Crippen LogP contribution in [0.25, 0.3) is 16.4 Å². The predicted molar refractivity (Wildman–Crippen MR) is 110 cm³/mol. The number of carbonyl (C=O) groups excluding carboxylic acids is 1. The van der Waals surface area contributed by atoms with E-state index >= 15 is 0 Å². The van der Waals surface area contributed by atoms with Gasteiger partial charge in [-0.1, -0.05) is 48.5 Å². The summed E-state index contributed by atoms with van der Waals surface area (Å²) in [5.41, 5.74) is 1.21. The minimum atomic E-state index is -0.648. The van der Waals surface area contributed by atoms with E-state index in [0.29, 0.717) is 16.4 Å². The molecular formula is C21H13N3O5S. The maximum Gasteiger partial charge on any atom is 0.433 e. The third kappa shape index (κ3) is 4.36. The van der Waals surface area contributed by atoms with E-state index in [1.54, 1.807) is 30.3 Å². The van der Waals surface area contributed by atoms with Gasteiger partial charge in [-0.2, -0.15) is 0 Å². The largest absolute Gasteiger partial charge is 0.433 e. The molecule has 0 fully saturated rings. The molecule has 4 aromatic rings. The smallest absolute Gasteiger partial charge is 0.411 e. The van der Waals surface area contributed by atoms with Gasteiger partial charge in [0.15, 0.2) is 5.78 Å². The first kappa shape index (κ1) is 19.3. The van der Waals surface area contributed by atoms with Crippen molar-refractivity contribution < 1.29 is 18.6 Å². The Hall–Kier alpha value is -3.98. The van der Waals surface area contributed by atoms with Crippen LogP contribution in [0.5, 0.6) is 0 Å². The lowest BCUT2D eigenvalue weighted by atomic mass is 10.1. The van der Waals surface area contributed by atoms with Crippen molar-refractivity contribution in [2.24, 2.45) is 0 Å². The van der Waals surface area contributed by atoms with Crippen LogP contribution in [0.3, 0.4) is 0 Å². The average Bonchev–Trinajstić information content (AvgIpc) is 3.45. The number of rotatable bonds is 7. The molecule has 0 radical (unpaired) electrons. The monoisotopic (exact) mass is 419 g/mol. The van der Waals surface area contributed by atoms with Crippen molar-refractivity contribution >= 4 is 28.3 Å². The van der Waals surface area contributed by atoms with Gasteiger partial charge < -0.3 is 8.83 Å². The van der Waals surface area contributed by atoms with Crippen molar-refractivity contribution in [1.29, 1.82) is 0 Å². The van der Waals surface area contributed by atoms with Gasteiger partial charge >= 0.3 is 5.88 Å². The molecule has 4 rings (SSSR count). The number of thioether (sulfide) groups is 1. The molecule has 0 aliphatic heterocycles. The Kier molecular flexibility index (Phi) is 5.53. The number of allylic oxidation sites excluding steroid dienone is 1. The lowest BCUT2D eigenvalue weighted by Gasteiger charge is -2.01. The number of nitrogens with zero attached hydrogens (tertiary/aromatic N) is 3. The number of aromatic nitrogens is 2. The molecule has 0 bridgehead atoms. The second-order valence-electron chi connectivity index (χ2n) is 5.98. The third-order valence-corrected chi connectivity index (χ3v) is 4.84. The number of furan rings is 1. The summed E-state index contributed by atoms with van der Waals surface area (Å²) in [5.74, 6) is -0.258. The molecule has 0 aliphatic carbocycles. The van der Waals surface area contributed by atoms with Crippen molar-refractivity contribution in [1.82, 2.24) is 10.2 Å². The van der Waals surface area contributed by atoms with Gasteiger partial charge in [-0.05, 0) is 30.0 Å². The second-order valence-corrected chi connectivity index (χ2v) is 6.97. The quantitative estimate of drug-likeness (QED) is 0.131. The average molecular weight is 419 g/mol. The summed E-state index contributed by atoms with van der Waals surface area (Å²) in [6.07, 6.45) is 1.33. The van der Waals surface area contributed by atoms with Crippen LogP contribution in [0, 0.1) is 10.1 Å². The fraction of sp³-hybridized carbons (Fsp3) is 0. The summed E-state index contributed by atoms with van der Waals surface area (Å²) < 4.78 is 11.0. The van der Waals surface area contributed by atoms with E-state index in [4.69, 9.17) is 8.83 Å². The first-order valence-corrected chi connectivity index (χ1v) is 9.54. The van der Waals surface area contributed by atoms with Gasteiger partial charge in [0.05, 0.1) is 11.0 Å². The predicted octanol–water partition coefficient (Wildman–Crippen LogP) is 5.25. The fourth-order valence-corrected chi connectivity index (χ4v) is 3.32. The van der Waals surface area contributed by atoms with Gasteiger partial charge in [0.1, 0.15) is 10.7 Å². The highest BCUT2D eigenvalue weighted by Gasteiger charge is 2.20. The van der Waals surface area contributed by atoms with Crippen molar-refractivity contribution in [3.05, 3.63) is 100 Å². The Morgan fingerprint density at radius 3 is 2.30 bits per heavy atom. The molecule has 0 atom stereocenters. The Morgan fingerprint density at radius 1 is 0.933 bits per heavy atom. The second kappa shape index (κ2) is 8.58. The summed E-state index contributed by atoms with van der Waals surface area (Å²) in [6.45, 7) is 0. The van der Waals surface area contributed by atoms with Crippen LogP contribution in [-0.4, -0.2) is 20.9 Å². The van der Waals surface area contributed by atoms with Gasteiger partial charge in [-0.15, -0.1) is 10.2 Å². The van der Waals surface area contributed by atoms with Crippen LogP contribution in [0.4, 0.5) is 5.88 Å². The molecule has 0 saturated heterocycles. The molecule has 30 heavy (non-hydrogen) atoms. The van der Waals surface area contributed by atoms with Gasteiger partial charge in [0.2, 0.25) is 5.89 Å². The van der Waals surface area contributed by atoms with Crippen LogP contribution in [0.15, 0.2) is 92.9 Å². The molecule has 0 spiro atoms. The normalized spacial score (nSPS) is 11.4. The Labute approximate surface area is 174 Å². The first-order valence-electron chi connectivity index (χ1n) is 8.72. The maximum absolute atomic E-state index is 12.7. The number of hydrogen-bond acceptors (Lipinski definition) is 8. The Balaban J connectivity index is 1.67. The molecule has 9 heteroatoms. The van der Waals surface area contributed by atoms with E-state index in [0.717, 1.165) is 17.3 Å². The number of benzene rings is 2. The maximum atomic E-state index is 12.7. The van der Waals surface area contributed by atoms with E-state index < -0.39 is 10.8 Å². The summed E-state index contributed by atoms with van der Waals surface area (Å²) in [5, 5.41) is 19.2. The first-order chi connectivity index (χ1) is 14.6. The van der Waals surface area contributed by atoms with Gasteiger partial charge in [-0.25, -0.2) is 0 Å². The highest BCUT2D eigenvalue weighted by Crippen LogP contribution is 2.37. The van der Waals surface area contributed by atoms with E-state index in [2.05, 4.69) is 10.2 Å². The van der Waals surface area contributed by atoms with Gasteiger partial charge in [0.25, 0.3) is 5.22 Å². The summed E-state index contributed by atoms with van der Waals surface area (Å²) in [6, 6.07) is 20.5. The highest BCUT2D eigenvalue weighted by atomic mass is 32.2. The highest BCUT2D eigenvalue weighted by molar-refractivity contribution is 8.08. The summed E-state index contributed by atoms with van der Waals surface area (Å²) in [4.78, 5) is 23.3. The zero-order valence-electron chi connectivity index (χ0n) is 15.3. The lowest BCUT2D eigenvalue weighted by Crippen LogP contribution is -1.95. The summed E-state index contributed by atoms with van der Waals surface area (Å²) in [7, 11) is 0. The molecule has 2 aromatic heterocycles. The molecule has 0 amide bonds. The van der Waals surface area contributed by atoms with Crippen LogP contribution in [0.1, 0.15) is 16.1 Å². The van der Waals surface area contributed by atoms with Crippen LogP contribution >= 0.6 is 11.8 Å². The van der Waals surface area contributed by atoms with Crippen molar-refractivity contribution in [2.75, 3.05) is 0 Å². The van der Waals surface area contributed by atoms with E-state index in [1.165, 1.54) is 18.2 Å². The Bertz CT molecular complexity index is 1220. The fourth-order valence-electron chi connectivity index (χ4n) is 2.56. The van der Waals surface area contributed by atoms with Crippen LogP contribution in [-0.2, 0) is 0 Å². The van der Waals surface area contributed by atoms with Crippen LogP contribution < -0.4 is 0 Å². The van der Waals surface area contributed by atoms with Gasteiger partial charge in [0, 0.05) is 17.2 Å². The SMILES string of the molecule is O=C(/C=C(\Sc1nnc(-c2ccccc2)o1)c1ccc([N+](=O)[O-])o1)c1ccccc1. The molecule has 0 aliphatic rings. The number of nitro groups is 1. The molecule has 148 valence electrons. The zero-order valence-corrected chi connectivity index (χ0v) is 16.1.